The van der Waals surface area contributed by atoms with Gasteiger partial charge >= 0.3 is 0 Å². The van der Waals surface area contributed by atoms with E-state index in [1.807, 2.05) is 121 Å². The first-order chi connectivity index (χ1) is 46.7. The van der Waals surface area contributed by atoms with E-state index in [0.717, 1.165) is 55.6 Å². The maximum absolute atomic E-state index is 5.13. The fourth-order valence-electron chi connectivity index (χ4n) is 15.1. The summed E-state index contributed by atoms with van der Waals surface area (Å²) >= 11 is 0. The van der Waals surface area contributed by atoms with Crippen molar-refractivity contribution in [2.24, 2.45) is 0 Å². The van der Waals surface area contributed by atoms with Crippen LogP contribution in [0.4, 0.5) is 0 Å². The van der Waals surface area contributed by atoms with Gasteiger partial charge in [-0.25, -0.2) is 19.9 Å². The topological polar surface area (TPSA) is 96.0 Å². The van der Waals surface area contributed by atoms with Crippen molar-refractivity contribution >= 4 is 120 Å². The second-order valence-electron chi connectivity index (χ2n) is 24.1. The summed E-state index contributed by atoms with van der Waals surface area (Å²) in [5.41, 5.74) is 17.5. The number of hydrogen-bond acceptors (Lipinski definition) is 6. The van der Waals surface area contributed by atoms with Crippen LogP contribution in [0.2, 0.25) is 0 Å². The molecule has 94 heavy (non-hydrogen) atoms. The van der Waals surface area contributed by atoms with Gasteiger partial charge < -0.3 is 13.4 Å². The Bertz CT molecular complexity index is 6470. The molecule has 21 rings (SSSR count). The molecule has 8 heterocycles. The van der Waals surface area contributed by atoms with E-state index in [4.69, 9.17) is 29.9 Å². The van der Waals surface area contributed by atoms with E-state index in [1.54, 1.807) is 0 Å². The molecule has 0 N–H and O–H groups in total. The Kier molecular flexibility index (Phi) is 11.2. The Hall–Kier alpha value is -12.9. The minimum absolute atomic E-state index is 0.600. The summed E-state index contributed by atoms with van der Waals surface area (Å²) in [4.78, 5) is 30.2. The van der Waals surface area contributed by atoms with Gasteiger partial charge in [-0.15, -0.1) is 0 Å². The molecular weight excluding hydrogens is 1150 g/mol. The summed E-state index contributed by atoms with van der Waals surface area (Å²) in [6, 6.07) is 107. The highest BCUT2D eigenvalue weighted by atomic mass is 15.2. The van der Waals surface area contributed by atoms with Gasteiger partial charge in [0.25, 0.3) is 0 Å². The zero-order chi connectivity index (χ0) is 61.5. The number of para-hydroxylation sites is 4. The first-order valence-corrected chi connectivity index (χ1v) is 31.7. The second-order valence-corrected chi connectivity index (χ2v) is 24.1. The molecule has 0 unspecified atom stereocenters. The van der Waals surface area contributed by atoms with E-state index in [0.29, 0.717) is 35.1 Å². The summed E-state index contributed by atoms with van der Waals surface area (Å²) in [6.45, 7) is 0. The lowest BCUT2D eigenvalue weighted by molar-refractivity contribution is 0.953. The third kappa shape index (κ3) is 7.65. The van der Waals surface area contributed by atoms with Crippen LogP contribution in [0, 0.1) is 0 Å². The van der Waals surface area contributed by atoms with E-state index < -0.39 is 0 Å². The van der Waals surface area contributed by atoms with Crippen molar-refractivity contribution in [3.63, 3.8) is 0 Å². The normalized spacial score (nSPS) is 12.0. The SMILES string of the molecule is c1ccc(-c2nc(-c3ccccc3)nc(-c3cccc(-n4c5cccc6c7cccc8c9ccccc9n(c9cccc4c9c65)c78)c3)n2)cc1.c1ccc(-c2nc(-c3ccccc3)nc(-n3c4cccc5c6cccc7c8ccccc8n(c8cccc3c8c54)c67)n2)cc1. The van der Waals surface area contributed by atoms with Gasteiger partial charge in [0.2, 0.25) is 5.95 Å². The van der Waals surface area contributed by atoms with E-state index in [2.05, 4.69) is 200 Å². The number of rotatable bonds is 7. The molecule has 0 radical (unpaired) electrons. The van der Waals surface area contributed by atoms with E-state index in [9.17, 15) is 0 Å². The Morgan fingerprint density at radius 3 is 0.936 bits per heavy atom. The summed E-state index contributed by atoms with van der Waals surface area (Å²) in [5.74, 6) is 3.83. The average Bonchev–Trinajstić information content (AvgIpc) is 1.54. The van der Waals surface area contributed by atoms with Gasteiger partial charge in [-0.05, 0) is 71.4 Å². The molecule has 436 valence electrons. The molecule has 0 spiro atoms. The molecule has 0 saturated heterocycles. The number of fused-ring (bicyclic) bond motifs is 10. The Labute approximate surface area is 536 Å². The van der Waals surface area contributed by atoms with Crippen LogP contribution in [-0.2, 0) is 0 Å². The molecular formula is C84H50N10. The highest BCUT2D eigenvalue weighted by molar-refractivity contribution is 6.33. The zero-order valence-electron chi connectivity index (χ0n) is 50.3. The predicted molar refractivity (Wildman–Crippen MR) is 385 cm³/mol. The average molecular weight is 1200 g/mol. The number of benzene rings is 13. The first kappa shape index (κ1) is 51.9. The summed E-state index contributed by atoms with van der Waals surface area (Å²) in [7, 11) is 0. The van der Waals surface area contributed by atoms with E-state index >= 15 is 0 Å². The van der Waals surface area contributed by atoms with Crippen molar-refractivity contribution in [1.29, 1.82) is 0 Å². The molecule has 10 nitrogen and oxygen atoms in total. The lowest BCUT2D eigenvalue weighted by Crippen LogP contribution is -2.06. The van der Waals surface area contributed by atoms with Gasteiger partial charge in [0, 0.05) is 87.4 Å². The molecule has 13 aromatic carbocycles. The van der Waals surface area contributed by atoms with Crippen molar-refractivity contribution < 1.29 is 0 Å². The molecule has 0 saturated carbocycles. The van der Waals surface area contributed by atoms with Crippen molar-refractivity contribution in [3.8, 4) is 68.6 Å². The number of hydrogen-bond donors (Lipinski definition) is 0. The second kappa shape index (κ2) is 20.3. The number of nitrogens with zero attached hydrogens (tertiary/aromatic N) is 10. The molecule has 0 bridgehead atoms. The summed E-state index contributed by atoms with van der Waals surface area (Å²) < 4.78 is 9.54. The third-order valence-electron chi connectivity index (χ3n) is 19.0. The summed E-state index contributed by atoms with van der Waals surface area (Å²) in [5, 5.41) is 14.9. The molecule has 0 aliphatic heterocycles. The minimum Gasteiger partial charge on any atom is -0.309 e. The van der Waals surface area contributed by atoms with Crippen LogP contribution in [0.3, 0.4) is 0 Å². The van der Waals surface area contributed by atoms with Crippen LogP contribution in [-0.4, -0.2) is 47.8 Å². The van der Waals surface area contributed by atoms with Crippen LogP contribution in [0.5, 0.6) is 0 Å². The zero-order valence-corrected chi connectivity index (χ0v) is 50.3. The number of aromatic nitrogens is 10. The Balaban J connectivity index is 0.000000130. The molecule has 8 aromatic heterocycles. The van der Waals surface area contributed by atoms with Crippen LogP contribution in [0.25, 0.3) is 188 Å². The van der Waals surface area contributed by atoms with Crippen LogP contribution >= 0.6 is 0 Å². The highest BCUT2D eigenvalue weighted by Gasteiger charge is 2.26. The standard InChI is InChI=1S/C45H27N5.C39H23N5/c1-3-13-28(14-4-1)43-46-44(29-15-5-2-6-16-29)48-45(47-43)30-17-9-18-31(27-30)49-37-24-11-20-33-35-22-10-21-34-32-19-7-8-23-36(32)50(42(34)35)39-26-12-25-38(49)41(39)40(33)37;1-3-12-24(13-4-1)37-40-38(25-14-5-2-6-15-25)42-39(41-37)44-31-21-10-17-27-29-19-9-18-28-26-16-7-8-20-30(26)43(36(28)29)32-22-11-23-33(44)35(32)34(27)31/h1-27H;1-23H. The van der Waals surface area contributed by atoms with Crippen LogP contribution in [0.1, 0.15) is 0 Å². The largest absolute Gasteiger partial charge is 0.309 e. The minimum atomic E-state index is 0.600. The quantitative estimate of drug-likeness (QED) is 0.158. The molecule has 21 aromatic rings. The molecule has 0 aliphatic rings. The molecule has 10 heteroatoms. The van der Waals surface area contributed by atoms with Gasteiger partial charge in [-0.1, -0.05) is 243 Å². The monoisotopic (exact) mass is 1200 g/mol. The Morgan fingerprint density at radius 2 is 0.479 bits per heavy atom. The maximum Gasteiger partial charge on any atom is 0.238 e. The van der Waals surface area contributed by atoms with Gasteiger partial charge in [-0.3, -0.25) is 4.57 Å². The first-order valence-electron chi connectivity index (χ1n) is 31.7. The van der Waals surface area contributed by atoms with Crippen molar-refractivity contribution in [1.82, 2.24) is 47.8 Å². The van der Waals surface area contributed by atoms with Crippen molar-refractivity contribution in [3.05, 3.63) is 303 Å². The molecule has 0 aliphatic carbocycles. The Morgan fingerprint density at radius 1 is 0.191 bits per heavy atom. The van der Waals surface area contributed by atoms with E-state index in [1.165, 1.54) is 97.7 Å². The molecule has 0 atom stereocenters. The van der Waals surface area contributed by atoms with Gasteiger partial charge in [0.05, 0.1) is 55.2 Å². The third-order valence-corrected chi connectivity index (χ3v) is 19.0. The summed E-state index contributed by atoms with van der Waals surface area (Å²) in [6.07, 6.45) is 0. The van der Waals surface area contributed by atoms with Crippen LogP contribution < -0.4 is 0 Å². The fraction of sp³-hybridized carbons (Fsp3) is 0. The van der Waals surface area contributed by atoms with Gasteiger partial charge in [-0.2, -0.15) is 9.97 Å². The lowest BCUT2D eigenvalue weighted by Gasteiger charge is -2.12. The molecule has 0 fully saturated rings. The van der Waals surface area contributed by atoms with Crippen molar-refractivity contribution in [2.75, 3.05) is 0 Å². The van der Waals surface area contributed by atoms with Gasteiger partial charge in [0.1, 0.15) is 0 Å². The van der Waals surface area contributed by atoms with E-state index in [-0.39, 0.29) is 0 Å². The van der Waals surface area contributed by atoms with Gasteiger partial charge in [0.15, 0.2) is 29.1 Å². The lowest BCUT2D eigenvalue weighted by atomic mass is 10.0. The highest BCUT2D eigenvalue weighted by Crippen LogP contribution is 2.47. The van der Waals surface area contributed by atoms with Crippen molar-refractivity contribution in [2.45, 2.75) is 0 Å². The van der Waals surface area contributed by atoms with Crippen LogP contribution in [0.15, 0.2) is 303 Å². The fourth-order valence-corrected chi connectivity index (χ4v) is 15.1. The molecule has 0 amide bonds. The predicted octanol–water partition coefficient (Wildman–Crippen LogP) is 20.6. The maximum atomic E-state index is 5.13. The smallest absolute Gasteiger partial charge is 0.238 e.